The fraction of sp³-hybridized carbons (Fsp3) is 0.200. The molecule has 0 saturated heterocycles. The van der Waals surface area contributed by atoms with E-state index in [2.05, 4.69) is 9.97 Å². The SMILES string of the molecule is Cc1[nH]c(=O)nc2c(C)cccc12. The molecule has 0 aliphatic heterocycles. The third kappa shape index (κ3) is 1.22. The average Bonchev–Trinajstić information content (AvgIpc) is 2.07. The van der Waals surface area contributed by atoms with Crippen molar-refractivity contribution in [3.8, 4) is 0 Å². The lowest BCUT2D eigenvalue weighted by Gasteiger charge is -2.02. The van der Waals surface area contributed by atoms with E-state index in [0.717, 1.165) is 22.2 Å². The first-order valence-electron chi connectivity index (χ1n) is 4.15. The zero-order valence-electron chi connectivity index (χ0n) is 7.59. The maximum absolute atomic E-state index is 11.1. The van der Waals surface area contributed by atoms with Crippen LogP contribution in [0.15, 0.2) is 23.0 Å². The normalized spacial score (nSPS) is 10.6. The van der Waals surface area contributed by atoms with Crippen molar-refractivity contribution in [2.24, 2.45) is 0 Å². The molecule has 0 atom stereocenters. The fourth-order valence-electron chi connectivity index (χ4n) is 1.47. The number of rotatable bonds is 0. The van der Waals surface area contributed by atoms with Gasteiger partial charge in [-0.1, -0.05) is 18.2 Å². The number of nitrogens with zero attached hydrogens (tertiary/aromatic N) is 1. The minimum atomic E-state index is -0.278. The van der Waals surface area contributed by atoms with Crippen LogP contribution in [0.1, 0.15) is 11.3 Å². The van der Waals surface area contributed by atoms with Crippen molar-refractivity contribution in [1.29, 1.82) is 0 Å². The number of aromatic nitrogens is 2. The highest BCUT2D eigenvalue weighted by molar-refractivity contribution is 5.83. The van der Waals surface area contributed by atoms with Crippen molar-refractivity contribution < 1.29 is 0 Å². The molecule has 66 valence electrons. The van der Waals surface area contributed by atoms with E-state index in [-0.39, 0.29) is 5.69 Å². The van der Waals surface area contributed by atoms with E-state index in [0.29, 0.717) is 0 Å². The molecule has 0 fully saturated rings. The second-order valence-electron chi connectivity index (χ2n) is 3.14. The quantitative estimate of drug-likeness (QED) is 0.658. The van der Waals surface area contributed by atoms with Crippen LogP contribution in [-0.4, -0.2) is 9.97 Å². The van der Waals surface area contributed by atoms with Crippen LogP contribution in [0.2, 0.25) is 0 Å². The highest BCUT2D eigenvalue weighted by Crippen LogP contribution is 2.15. The summed E-state index contributed by atoms with van der Waals surface area (Å²) in [5.74, 6) is 0. The van der Waals surface area contributed by atoms with E-state index >= 15 is 0 Å². The summed E-state index contributed by atoms with van der Waals surface area (Å²) in [7, 11) is 0. The molecule has 1 heterocycles. The van der Waals surface area contributed by atoms with E-state index in [1.54, 1.807) is 0 Å². The van der Waals surface area contributed by atoms with Gasteiger partial charge in [0.2, 0.25) is 0 Å². The lowest BCUT2D eigenvalue weighted by Crippen LogP contribution is -2.11. The van der Waals surface area contributed by atoms with E-state index in [4.69, 9.17) is 0 Å². The first-order chi connectivity index (χ1) is 6.18. The molecule has 0 aliphatic rings. The van der Waals surface area contributed by atoms with Gasteiger partial charge >= 0.3 is 5.69 Å². The Hall–Kier alpha value is -1.64. The third-order valence-corrected chi connectivity index (χ3v) is 2.15. The Morgan fingerprint density at radius 1 is 1.31 bits per heavy atom. The van der Waals surface area contributed by atoms with Crippen molar-refractivity contribution in [2.45, 2.75) is 13.8 Å². The van der Waals surface area contributed by atoms with Gasteiger partial charge in [0.05, 0.1) is 5.52 Å². The number of para-hydroxylation sites is 1. The van der Waals surface area contributed by atoms with Gasteiger partial charge in [0.25, 0.3) is 0 Å². The second-order valence-corrected chi connectivity index (χ2v) is 3.14. The number of nitrogens with one attached hydrogen (secondary N) is 1. The molecule has 0 saturated carbocycles. The summed E-state index contributed by atoms with van der Waals surface area (Å²) in [5.41, 5.74) is 2.42. The van der Waals surface area contributed by atoms with Gasteiger partial charge in [-0.05, 0) is 19.4 Å². The summed E-state index contributed by atoms with van der Waals surface area (Å²) in [5, 5.41) is 1.01. The molecule has 1 aromatic heterocycles. The Balaban J connectivity index is 3.03. The summed E-state index contributed by atoms with van der Waals surface area (Å²) >= 11 is 0. The highest BCUT2D eigenvalue weighted by Gasteiger charge is 2.01. The molecule has 2 aromatic rings. The molecule has 13 heavy (non-hydrogen) atoms. The molecule has 0 amide bonds. The van der Waals surface area contributed by atoms with Gasteiger partial charge in [-0.25, -0.2) is 4.79 Å². The van der Waals surface area contributed by atoms with Gasteiger partial charge in [0, 0.05) is 11.1 Å². The third-order valence-electron chi connectivity index (χ3n) is 2.15. The minimum Gasteiger partial charge on any atom is -0.309 e. The summed E-state index contributed by atoms with van der Waals surface area (Å²) < 4.78 is 0. The summed E-state index contributed by atoms with van der Waals surface area (Å²) in [6.45, 7) is 3.83. The van der Waals surface area contributed by atoms with Gasteiger partial charge in [0.15, 0.2) is 0 Å². The highest BCUT2D eigenvalue weighted by atomic mass is 16.1. The Morgan fingerprint density at radius 2 is 2.08 bits per heavy atom. The van der Waals surface area contributed by atoms with Crippen LogP contribution in [0.3, 0.4) is 0 Å². The molecule has 0 bridgehead atoms. The molecular formula is C10H10N2O. The molecule has 1 N–H and O–H groups in total. The van der Waals surface area contributed by atoms with Gasteiger partial charge in [0.1, 0.15) is 0 Å². The first kappa shape index (κ1) is 7.98. The number of fused-ring (bicyclic) bond motifs is 1. The van der Waals surface area contributed by atoms with Crippen LogP contribution < -0.4 is 5.69 Å². The Bertz CT molecular complexity index is 514. The number of benzene rings is 1. The maximum Gasteiger partial charge on any atom is 0.345 e. The maximum atomic E-state index is 11.1. The van der Waals surface area contributed by atoms with Crippen molar-refractivity contribution in [3.05, 3.63) is 39.9 Å². The monoisotopic (exact) mass is 174 g/mol. The van der Waals surface area contributed by atoms with Gasteiger partial charge in [-0.3, -0.25) is 0 Å². The number of aromatic amines is 1. The van der Waals surface area contributed by atoms with Crippen LogP contribution in [0.5, 0.6) is 0 Å². The van der Waals surface area contributed by atoms with Crippen LogP contribution in [0, 0.1) is 13.8 Å². The number of H-pyrrole nitrogens is 1. The minimum absolute atomic E-state index is 0.278. The molecule has 3 heteroatoms. The zero-order chi connectivity index (χ0) is 9.42. The molecule has 0 aliphatic carbocycles. The van der Waals surface area contributed by atoms with Gasteiger partial charge in [-0.15, -0.1) is 0 Å². The molecule has 1 aromatic carbocycles. The molecular weight excluding hydrogens is 164 g/mol. The van der Waals surface area contributed by atoms with Gasteiger partial charge in [-0.2, -0.15) is 4.98 Å². The Kier molecular flexibility index (Phi) is 1.65. The molecule has 0 radical (unpaired) electrons. The lowest BCUT2D eigenvalue weighted by atomic mass is 10.1. The number of hydrogen-bond donors (Lipinski definition) is 1. The van der Waals surface area contributed by atoms with Crippen LogP contribution in [0.25, 0.3) is 10.9 Å². The van der Waals surface area contributed by atoms with E-state index in [1.807, 2.05) is 32.0 Å². The molecule has 0 unspecified atom stereocenters. The number of hydrogen-bond acceptors (Lipinski definition) is 2. The molecule has 2 rings (SSSR count). The summed E-state index contributed by atoms with van der Waals surface area (Å²) in [4.78, 5) is 17.7. The Labute approximate surface area is 75.4 Å². The van der Waals surface area contributed by atoms with E-state index in [9.17, 15) is 4.79 Å². The lowest BCUT2D eigenvalue weighted by molar-refractivity contribution is 1.07. The molecule has 3 nitrogen and oxygen atoms in total. The largest absolute Gasteiger partial charge is 0.345 e. The average molecular weight is 174 g/mol. The second kappa shape index (κ2) is 2.69. The molecule has 0 spiro atoms. The van der Waals surface area contributed by atoms with Crippen molar-refractivity contribution >= 4 is 10.9 Å². The predicted octanol–water partition coefficient (Wildman–Crippen LogP) is 1.54. The topological polar surface area (TPSA) is 45.8 Å². The van der Waals surface area contributed by atoms with Crippen molar-refractivity contribution in [3.63, 3.8) is 0 Å². The Morgan fingerprint density at radius 3 is 2.85 bits per heavy atom. The van der Waals surface area contributed by atoms with Crippen LogP contribution in [-0.2, 0) is 0 Å². The van der Waals surface area contributed by atoms with E-state index < -0.39 is 0 Å². The first-order valence-corrected chi connectivity index (χ1v) is 4.15. The summed E-state index contributed by atoms with van der Waals surface area (Å²) in [6, 6.07) is 5.87. The fourth-order valence-corrected chi connectivity index (χ4v) is 1.47. The van der Waals surface area contributed by atoms with Crippen molar-refractivity contribution in [2.75, 3.05) is 0 Å². The number of aryl methyl sites for hydroxylation is 2. The standard InChI is InChI=1S/C10H10N2O/c1-6-4-3-5-8-7(2)11-10(13)12-9(6)8/h3-5H,1-2H3,(H,11,12,13). The summed E-state index contributed by atoms with van der Waals surface area (Å²) in [6.07, 6.45) is 0. The smallest absolute Gasteiger partial charge is 0.309 e. The predicted molar refractivity (Wildman–Crippen MR) is 51.8 cm³/mol. The van der Waals surface area contributed by atoms with E-state index in [1.165, 1.54) is 0 Å². The van der Waals surface area contributed by atoms with Crippen LogP contribution >= 0.6 is 0 Å². The van der Waals surface area contributed by atoms with Crippen LogP contribution in [0.4, 0.5) is 0 Å². The zero-order valence-corrected chi connectivity index (χ0v) is 7.59. The van der Waals surface area contributed by atoms with Crippen molar-refractivity contribution in [1.82, 2.24) is 9.97 Å². The van der Waals surface area contributed by atoms with Gasteiger partial charge < -0.3 is 4.98 Å².